The lowest BCUT2D eigenvalue weighted by molar-refractivity contribution is -0.286. The molecule has 2 heterocycles. The highest BCUT2D eigenvalue weighted by atomic mass is 19.3. The molecule has 1 fully saturated rings. The van der Waals surface area contributed by atoms with E-state index in [1.54, 1.807) is 6.07 Å². The average molecular weight is 486 g/mol. The average Bonchev–Trinajstić information content (AvgIpc) is 3.42. The topological polar surface area (TPSA) is 80.9 Å². The quantitative estimate of drug-likeness (QED) is 0.517. The number of carbonyl (C=O) groups excluding carboxylic acids is 1. The minimum Gasteiger partial charge on any atom is -0.395 e. The first kappa shape index (κ1) is 23.8. The monoisotopic (exact) mass is 485 g/mol. The maximum Gasteiger partial charge on any atom is 0.586 e. The number of hydrogen-bond acceptors (Lipinski definition) is 5. The fraction of sp³-hybridized carbons (Fsp3) is 0.444. The van der Waals surface area contributed by atoms with Crippen molar-refractivity contribution in [3.05, 3.63) is 59.3 Å². The van der Waals surface area contributed by atoms with Gasteiger partial charge < -0.3 is 24.3 Å². The zero-order valence-electron chi connectivity index (χ0n) is 20.0. The van der Waals surface area contributed by atoms with Gasteiger partial charge in [0.15, 0.2) is 11.5 Å². The van der Waals surface area contributed by atoms with Crippen molar-refractivity contribution in [2.24, 2.45) is 0 Å². The highest BCUT2D eigenvalue weighted by Gasteiger charge is 2.52. The number of ketones is 1. The Labute approximate surface area is 202 Å². The van der Waals surface area contributed by atoms with Crippen molar-refractivity contribution in [3.63, 3.8) is 0 Å². The second-order valence-corrected chi connectivity index (χ2v) is 10.6. The fourth-order valence-corrected chi connectivity index (χ4v) is 4.97. The van der Waals surface area contributed by atoms with Gasteiger partial charge >= 0.3 is 6.29 Å². The van der Waals surface area contributed by atoms with Gasteiger partial charge in [0.1, 0.15) is 5.78 Å². The summed E-state index contributed by atoms with van der Waals surface area (Å²) >= 11 is 0. The van der Waals surface area contributed by atoms with E-state index in [2.05, 4.69) is 36.3 Å². The molecule has 0 amide bonds. The van der Waals surface area contributed by atoms with Gasteiger partial charge in [0.25, 0.3) is 0 Å². The van der Waals surface area contributed by atoms with Crippen LogP contribution in [0.3, 0.4) is 0 Å². The number of halogens is 2. The summed E-state index contributed by atoms with van der Waals surface area (Å²) in [5.74, 6) is -0.0410. The van der Waals surface area contributed by atoms with Gasteiger partial charge in [-0.05, 0) is 54.3 Å². The van der Waals surface area contributed by atoms with E-state index in [1.165, 1.54) is 12.1 Å². The van der Waals surface area contributed by atoms with Crippen molar-refractivity contribution in [1.29, 1.82) is 0 Å². The Bertz CT molecular complexity index is 1300. The number of rotatable bonds is 7. The SMILES string of the molecule is CC(C)(C)c1cc2cc(CC(=O)C3(c4ccc5c(c4)OC(F)(F)O5)CC3)ccc2n1C[C@H](O)CO. The number of aromatic nitrogens is 1. The second kappa shape index (κ2) is 8.03. The van der Waals surface area contributed by atoms with Gasteiger partial charge in [0.05, 0.1) is 24.7 Å². The van der Waals surface area contributed by atoms with Crippen LogP contribution in [-0.2, 0) is 28.6 Å². The van der Waals surface area contributed by atoms with Gasteiger partial charge in [0.2, 0.25) is 0 Å². The molecule has 0 spiro atoms. The summed E-state index contributed by atoms with van der Waals surface area (Å²) in [5, 5.41) is 20.4. The minimum absolute atomic E-state index is 0.0297. The van der Waals surface area contributed by atoms with Crippen molar-refractivity contribution in [3.8, 4) is 11.5 Å². The van der Waals surface area contributed by atoms with Crippen LogP contribution in [0, 0.1) is 0 Å². The third-order valence-electron chi connectivity index (χ3n) is 6.94. The molecule has 0 saturated heterocycles. The molecule has 5 rings (SSSR count). The smallest absolute Gasteiger partial charge is 0.395 e. The molecule has 8 heteroatoms. The van der Waals surface area contributed by atoms with Gasteiger partial charge in [-0.3, -0.25) is 4.79 Å². The summed E-state index contributed by atoms with van der Waals surface area (Å²) in [6, 6.07) is 12.5. The number of hydrogen-bond donors (Lipinski definition) is 2. The standard InChI is InChI=1S/C27H29F2NO5/c1-25(2,3)23-12-17-10-16(4-6-20(17)30(23)14-19(32)15-31)11-24(33)26(8-9-26)18-5-7-21-22(13-18)35-27(28,29)34-21/h4-7,10,12-13,19,31-32H,8-9,11,14-15H2,1-3H3/t19-/m0/s1. The van der Waals surface area contributed by atoms with Crippen molar-refractivity contribution in [2.75, 3.05) is 6.61 Å². The zero-order chi connectivity index (χ0) is 25.2. The Balaban J connectivity index is 1.42. The number of ether oxygens (including phenoxy) is 2. The minimum atomic E-state index is -3.69. The van der Waals surface area contributed by atoms with Crippen LogP contribution in [0.2, 0.25) is 0 Å². The van der Waals surface area contributed by atoms with E-state index in [0.717, 1.165) is 22.2 Å². The number of alkyl halides is 2. The Kier molecular flexibility index (Phi) is 5.45. The summed E-state index contributed by atoms with van der Waals surface area (Å²) in [4.78, 5) is 13.4. The number of Topliss-reactive ketones (excluding diaryl/α,β-unsaturated/α-hetero) is 1. The molecule has 1 aliphatic carbocycles. The molecule has 3 aromatic rings. The maximum absolute atomic E-state index is 13.4. The van der Waals surface area contributed by atoms with Crippen molar-refractivity contribution >= 4 is 16.7 Å². The van der Waals surface area contributed by atoms with Crippen molar-refractivity contribution in [1.82, 2.24) is 4.57 Å². The molecule has 0 unspecified atom stereocenters. The molecule has 2 N–H and O–H groups in total. The summed E-state index contributed by atoms with van der Waals surface area (Å²) in [6.45, 7) is 6.22. The number of aliphatic hydroxyl groups excluding tert-OH is 2. The third kappa shape index (κ3) is 4.29. The van der Waals surface area contributed by atoms with Crippen LogP contribution in [-0.4, -0.2) is 39.6 Å². The van der Waals surface area contributed by atoms with E-state index in [4.69, 9.17) is 0 Å². The molecule has 0 bridgehead atoms. The molecule has 2 aliphatic rings. The van der Waals surface area contributed by atoms with Crippen LogP contribution in [0.5, 0.6) is 11.5 Å². The van der Waals surface area contributed by atoms with E-state index < -0.39 is 17.8 Å². The van der Waals surface area contributed by atoms with E-state index >= 15 is 0 Å². The van der Waals surface area contributed by atoms with Gasteiger partial charge in [-0.25, -0.2) is 0 Å². The summed E-state index contributed by atoms with van der Waals surface area (Å²) in [6.07, 6.45) is -3.02. The molecule has 2 aromatic carbocycles. The summed E-state index contributed by atoms with van der Waals surface area (Å²) < 4.78 is 37.9. The molecule has 1 aromatic heterocycles. The van der Waals surface area contributed by atoms with E-state index in [-0.39, 0.29) is 42.3 Å². The lowest BCUT2D eigenvalue weighted by Crippen LogP contribution is -2.26. The summed E-state index contributed by atoms with van der Waals surface area (Å²) in [5.41, 5.74) is 2.61. The molecular weight excluding hydrogens is 456 g/mol. The Morgan fingerprint density at radius 1 is 1.09 bits per heavy atom. The molecule has 6 nitrogen and oxygen atoms in total. The largest absolute Gasteiger partial charge is 0.586 e. The molecule has 1 atom stereocenters. The first-order valence-corrected chi connectivity index (χ1v) is 11.8. The van der Waals surface area contributed by atoms with Gasteiger partial charge in [0, 0.05) is 28.4 Å². The number of aliphatic hydroxyl groups is 2. The predicted molar refractivity (Wildman–Crippen MR) is 126 cm³/mol. The van der Waals surface area contributed by atoms with Crippen LogP contribution in [0.15, 0.2) is 42.5 Å². The lowest BCUT2D eigenvalue weighted by Gasteiger charge is -2.23. The van der Waals surface area contributed by atoms with Gasteiger partial charge in [-0.1, -0.05) is 32.9 Å². The number of benzene rings is 2. The molecule has 186 valence electrons. The molecule has 1 saturated carbocycles. The first-order valence-electron chi connectivity index (χ1n) is 11.8. The van der Waals surface area contributed by atoms with E-state index in [1.807, 2.05) is 22.8 Å². The Hall–Kier alpha value is -2.97. The molecule has 35 heavy (non-hydrogen) atoms. The van der Waals surface area contributed by atoms with Crippen molar-refractivity contribution in [2.45, 2.75) is 69.8 Å². The zero-order valence-corrected chi connectivity index (χ0v) is 20.0. The molecule has 1 aliphatic heterocycles. The first-order chi connectivity index (χ1) is 16.4. The van der Waals surface area contributed by atoms with Gasteiger partial charge in [-0.15, -0.1) is 8.78 Å². The summed E-state index contributed by atoms with van der Waals surface area (Å²) in [7, 11) is 0. The normalized spacial score (nSPS) is 18.6. The number of nitrogens with zero attached hydrogens (tertiary/aromatic N) is 1. The third-order valence-corrected chi connectivity index (χ3v) is 6.94. The molecule has 0 radical (unpaired) electrons. The Morgan fingerprint density at radius 3 is 2.46 bits per heavy atom. The predicted octanol–water partition coefficient (Wildman–Crippen LogP) is 4.46. The fourth-order valence-electron chi connectivity index (χ4n) is 4.97. The number of fused-ring (bicyclic) bond motifs is 2. The van der Waals surface area contributed by atoms with E-state index in [9.17, 15) is 23.8 Å². The Morgan fingerprint density at radius 2 is 1.80 bits per heavy atom. The second-order valence-electron chi connectivity index (χ2n) is 10.6. The lowest BCUT2D eigenvalue weighted by atomic mass is 9.87. The van der Waals surface area contributed by atoms with Gasteiger partial charge in [-0.2, -0.15) is 0 Å². The van der Waals surface area contributed by atoms with E-state index in [0.29, 0.717) is 18.4 Å². The number of carbonyl (C=O) groups is 1. The highest BCUT2D eigenvalue weighted by molar-refractivity contribution is 5.95. The molecular formula is C27H29F2NO5. The highest BCUT2D eigenvalue weighted by Crippen LogP contribution is 2.52. The van der Waals surface area contributed by atoms with Crippen molar-refractivity contribution < 1.29 is 33.3 Å². The van der Waals surface area contributed by atoms with Crippen LogP contribution in [0.25, 0.3) is 10.9 Å². The maximum atomic E-state index is 13.4. The van der Waals surface area contributed by atoms with Crippen LogP contribution in [0.1, 0.15) is 50.4 Å². The van der Waals surface area contributed by atoms with Crippen LogP contribution >= 0.6 is 0 Å². The van der Waals surface area contributed by atoms with Crippen LogP contribution in [0.4, 0.5) is 8.78 Å². The van der Waals surface area contributed by atoms with Crippen LogP contribution < -0.4 is 9.47 Å².